The highest BCUT2D eigenvalue weighted by Gasteiger charge is 2.12. The Balaban J connectivity index is 1.83. The molecule has 1 fully saturated rings. The van der Waals surface area contributed by atoms with Gasteiger partial charge in [-0.05, 0) is 6.26 Å². The van der Waals surface area contributed by atoms with Crippen LogP contribution in [0.4, 0.5) is 5.82 Å². The molecule has 0 radical (unpaired) electrons. The molecular formula is C10H16N4OS. The maximum absolute atomic E-state index is 5.38. The summed E-state index contributed by atoms with van der Waals surface area (Å²) >= 11 is 1.61. The van der Waals surface area contributed by atoms with Gasteiger partial charge in [0.1, 0.15) is 17.2 Å². The summed E-state index contributed by atoms with van der Waals surface area (Å²) in [5, 5.41) is 7.64. The lowest BCUT2D eigenvalue weighted by molar-refractivity contribution is 0.0806. The highest BCUT2D eigenvalue weighted by Crippen LogP contribution is 2.13. The van der Waals surface area contributed by atoms with Crippen LogP contribution < -0.4 is 10.6 Å². The molecule has 0 aliphatic carbocycles. The van der Waals surface area contributed by atoms with Crippen LogP contribution in [0.25, 0.3) is 0 Å². The van der Waals surface area contributed by atoms with Crippen LogP contribution in [0.3, 0.4) is 0 Å². The van der Waals surface area contributed by atoms with E-state index >= 15 is 0 Å². The van der Waals surface area contributed by atoms with Crippen LogP contribution in [0.5, 0.6) is 0 Å². The average Bonchev–Trinajstić information content (AvgIpc) is 2.38. The van der Waals surface area contributed by atoms with Crippen molar-refractivity contribution in [3.05, 3.63) is 12.4 Å². The molecule has 0 amide bonds. The Labute approximate surface area is 99.4 Å². The van der Waals surface area contributed by atoms with Crippen molar-refractivity contribution in [1.82, 2.24) is 15.3 Å². The van der Waals surface area contributed by atoms with Gasteiger partial charge in [0, 0.05) is 25.2 Å². The summed E-state index contributed by atoms with van der Waals surface area (Å²) in [6.07, 6.45) is 3.58. The maximum atomic E-state index is 5.38. The molecule has 0 spiro atoms. The van der Waals surface area contributed by atoms with Gasteiger partial charge in [0.25, 0.3) is 0 Å². The highest BCUT2D eigenvalue weighted by molar-refractivity contribution is 7.98. The van der Waals surface area contributed by atoms with Gasteiger partial charge in [-0.15, -0.1) is 11.8 Å². The maximum Gasteiger partial charge on any atom is 0.130 e. The molecule has 5 nitrogen and oxygen atoms in total. The molecular weight excluding hydrogens is 224 g/mol. The fourth-order valence-electron chi connectivity index (χ4n) is 1.53. The third-order valence-electron chi connectivity index (χ3n) is 2.38. The normalized spacial score (nSPS) is 20.7. The molecule has 2 rings (SSSR count). The number of thioether (sulfide) groups is 1. The molecule has 2 N–H and O–H groups in total. The fraction of sp³-hybridized carbons (Fsp3) is 0.600. The van der Waals surface area contributed by atoms with Crippen molar-refractivity contribution in [3.8, 4) is 0 Å². The first kappa shape index (κ1) is 11.6. The number of morpholine rings is 1. The largest absolute Gasteiger partial charge is 0.378 e. The van der Waals surface area contributed by atoms with Gasteiger partial charge in [0.05, 0.1) is 13.2 Å². The van der Waals surface area contributed by atoms with Crippen molar-refractivity contribution in [3.63, 3.8) is 0 Å². The number of rotatable bonds is 4. The minimum Gasteiger partial charge on any atom is -0.378 e. The molecule has 16 heavy (non-hydrogen) atoms. The fourth-order valence-corrected chi connectivity index (χ4v) is 1.91. The van der Waals surface area contributed by atoms with Gasteiger partial charge in [0.15, 0.2) is 0 Å². The molecule has 1 saturated heterocycles. The van der Waals surface area contributed by atoms with Crippen LogP contribution in [-0.4, -0.2) is 48.6 Å². The van der Waals surface area contributed by atoms with Gasteiger partial charge >= 0.3 is 0 Å². The smallest absolute Gasteiger partial charge is 0.130 e. The Morgan fingerprint density at radius 3 is 3.31 bits per heavy atom. The number of hydrogen-bond acceptors (Lipinski definition) is 6. The molecule has 0 bridgehead atoms. The van der Waals surface area contributed by atoms with Crippen molar-refractivity contribution in [2.75, 3.05) is 37.9 Å². The number of anilines is 1. The van der Waals surface area contributed by atoms with Gasteiger partial charge < -0.3 is 15.4 Å². The number of nitrogens with one attached hydrogen (secondary N) is 2. The van der Waals surface area contributed by atoms with E-state index in [1.54, 1.807) is 18.1 Å². The van der Waals surface area contributed by atoms with Crippen LogP contribution in [-0.2, 0) is 4.74 Å². The SMILES string of the molecule is CSc1cc(NCC2COCCN2)ncn1. The predicted octanol–water partition coefficient (Wildman–Crippen LogP) is 0.599. The lowest BCUT2D eigenvalue weighted by Crippen LogP contribution is -2.45. The van der Waals surface area contributed by atoms with E-state index in [0.29, 0.717) is 6.04 Å². The number of ether oxygens (including phenoxy) is 1. The second-order valence-corrected chi connectivity index (χ2v) is 4.38. The van der Waals surface area contributed by atoms with Crippen molar-refractivity contribution < 1.29 is 4.74 Å². The average molecular weight is 240 g/mol. The van der Waals surface area contributed by atoms with E-state index in [1.807, 2.05) is 12.3 Å². The summed E-state index contributed by atoms with van der Waals surface area (Å²) in [7, 11) is 0. The zero-order chi connectivity index (χ0) is 11.2. The van der Waals surface area contributed by atoms with Crippen LogP contribution in [0.15, 0.2) is 17.4 Å². The summed E-state index contributed by atoms with van der Waals surface area (Å²) in [6.45, 7) is 3.31. The molecule has 6 heteroatoms. The Morgan fingerprint density at radius 1 is 1.62 bits per heavy atom. The van der Waals surface area contributed by atoms with E-state index in [2.05, 4.69) is 20.6 Å². The van der Waals surface area contributed by atoms with Crippen molar-refractivity contribution in [2.45, 2.75) is 11.1 Å². The third-order valence-corrected chi connectivity index (χ3v) is 3.02. The van der Waals surface area contributed by atoms with Crippen molar-refractivity contribution >= 4 is 17.6 Å². The molecule has 1 unspecified atom stereocenters. The van der Waals surface area contributed by atoms with E-state index < -0.39 is 0 Å². The molecule has 1 aliphatic rings. The number of hydrogen-bond donors (Lipinski definition) is 2. The second kappa shape index (κ2) is 6.03. The Hall–Kier alpha value is -0.850. The second-order valence-electron chi connectivity index (χ2n) is 3.55. The van der Waals surface area contributed by atoms with Crippen molar-refractivity contribution in [2.24, 2.45) is 0 Å². The summed E-state index contributed by atoms with van der Waals surface area (Å²) in [6, 6.07) is 2.32. The van der Waals surface area contributed by atoms with Gasteiger partial charge in [-0.3, -0.25) is 0 Å². The Kier molecular flexibility index (Phi) is 4.38. The third kappa shape index (κ3) is 3.33. The standard InChI is InChI=1S/C10H16N4OS/c1-16-10-4-9(13-7-14-10)12-5-8-6-15-3-2-11-8/h4,7-8,11H,2-3,5-6H2,1H3,(H,12,13,14). The predicted molar refractivity (Wildman–Crippen MR) is 64.9 cm³/mol. The van der Waals surface area contributed by atoms with E-state index in [0.717, 1.165) is 37.1 Å². The first-order chi connectivity index (χ1) is 7.88. The molecule has 0 aromatic carbocycles. The first-order valence-corrected chi connectivity index (χ1v) is 6.52. The molecule has 2 heterocycles. The van der Waals surface area contributed by atoms with E-state index in [1.165, 1.54) is 0 Å². The Morgan fingerprint density at radius 2 is 2.56 bits per heavy atom. The summed E-state index contributed by atoms with van der Waals surface area (Å²) in [5.41, 5.74) is 0. The lowest BCUT2D eigenvalue weighted by atomic mass is 10.3. The molecule has 1 aliphatic heterocycles. The topological polar surface area (TPSA) is 59.1 Å². The Bertz CT molecular complexity index is 330. The lowest BCUT2D eigenvalue weighted by Gasteiger charge is -2.24. The summed E-state index contributed by atoms with van der Waals surface area (Å²) < 4.78 is 5.38. The summed E-state index contributed by atoms with van der Waals surface area (Å²) in [4.78, 5) is 8.29. The molecule has 1 aromatic rings. The molecule has 88 valence electrons. The van der Waals surface area contributed by atoms with Gasteiger partial charge in [-0.25, -0.2) is 9.97 Å². The molecule has 1 atom stereocenters. The minimum atomic E-state index is 0.362. The van der Waals surface area contributed by atoms with Gasteiger partial charge in [0.2, 0.25) is 0 Å². The van der Waals surface area contributed by atoms with E-state index in [4.69, 9.17) is 4.74 Å². The minimum absolute atomic E-state index is 0.362. The van der Waals surface area contributed by atoms with Gasteiger partial charge in [-0.1, -0.05) is 0 Å². The van der Waals surface area contributed by atoms with E-state index in [-0.39, 0.29) is 0 Å². The van der Waals surface area contributed by atoms with Gasteiger partial charge in [-0.2, -0.15) is 0 Å². The first-order valence-electron chi connectivity index (χ1n) is 5.29. The van der Waals surface area contributed by atoms with E-state index in [9.17, 15) is 0 Å². The monoisotopic (exact) mass is 240 g/mol. The van der Waals surface area contributed by atoms with Crippen LogP contribution in [0, 0.1) is 0 Å². The number of nitrogens with zero attached hydrogens (tertiary/aromatic N) is 2. The van der Waals surface area contributed by atoms with Crippen LogP contribution in [0.2, 0.25) is 0 Å². The van der Waals surface area contributed by atoms with Crippen molar-refractivity contribution in [1.29, 1.82) is 0 Å². The molecule has 0 saturated carbocycles. The van der Waals surface area contributed by atoms with Crippen LogP contribution >= 0.6 is 11.8 Å². The highest BCUT2D eigenvalue weighted by atomic mass is 32.2. The number of aromatic nitrogens is 2. The zero-order valence-electron chi connectivity index (χ0n) is 9.27. The quantitative estimate of drug-likeness (QED) is 0.593. The molecule has 1 aromatic heterocycles. The summed E-state index contributed by atoms with van der Waals surface area (Å²) in [5.74, 6) is 0.867. The van der Waals surface area contributed by atoms with Crippen LogP contribution in [0.1, 0.15) is 0 Å². The zero-order valence-corrected chi connectivity index (χ0v) is 10.1.